The maximum absolute atomic E-state index is 13.7. The Hall–Kier alpha value is -2.85. The molecule has 1 atom stereocenters. The number of rotatable bonds is 8. The van der Waals surface area contributed by atoms with Crippen molar-refractivity contribution in [1.29, 1.82) is 0 Å². The van der Waals surface area contributed by atoms with Gasteiger partial charge in [-0.3, -0.25) is 0 Å². The van der Waals surface area contributed by atoms with Crippen LogP contribution in [0.2, 0.25) is 0 Å². The van der Waals surface area contributed by atoms with Crippen LogP contribution in [0.3, 0.4) is 0 Å². The maximum Gasteiger partial charge on any atom is 0.417 e. The Balaban J connectivity index is 1.90. The van der Waals surface area contributed by atoms with Gasteiger partial charge in [0.25, 0.3) is 0 Å². The van der Waals surface area contributed by atoms with Crippen molar-refractivity contribution in [2.45, 2.75) is 64.5 Å². The number of nitrogens with one attached hydrogen (secondary N) is 1. The zero-order chi connectivity index (χ0) is 27.2. The molecule has 1 aliphatic rings. The van der Waals surface area contributed by atoms with E-state index in [1.807, 2.05) is 25.3 Å². The second-order valence-electron chi connectivity index (χ2n) is 10.6. The number of carbonyl (C=O) groups excluding carboxylic acids is 1. The van der Waals surface area contributed by atoms with E-state index in [1.165, 1.54) is 12.1 Å². The maximum atomic E-state index is 13.7. The number of hydrogen-bond donors (Lipinski definition) is 1. The summed E-state index contributed by atoms with van der Waals surface area (Å²) in [6, 6.07) is 8.96. The first-order chi connectivity index (χ1) is 17.2. The number of fused-ring (bicyclic) bond motifs is 1. The molecular weight excluding hydrogens is 505 g/mol. The highest BCUT2D eigenvalue weighted by Gasteiger charge is 2.40. The number of hydrogen-bond acceptors (Lipinski definition) is 4. The predicted molar refractivity (Wildman–Crippen MR) is 136 cm³/mol. The van der Waals surface area contributed by atoms with Crippen LogP contribution in [0, 0.1) is 5.41 Å². The van der Waals surface area contributed by atoms with Gasteiger partial charge in [0.2, 0.25) is 10.0 Å². The predicted octanol–water partition coefficient (Wildman–Crippen LogP) is 6.06. The molecule has 0 unspecified atom stereocenters. The number of ether oxygens (including phenoxy) is 1. The molecule has 0 saturated heterocycles. The topological polar surface area (TPSA) is 77.4 Å². The van der Waals surface area contributed by atoms with Crippen LogP contribution in [0.5, 0.6) is 0 Å². The zero-order valence-corrected chi connectivity index (χ0v) is 22.0. The van der Waals surface area contributed by atoms with Gasteiger partial charge in [0, 0.05) is 29.2 Å². The third kappa shape index (κ3) is 6.01. The molecule has 0 radical (unpaired) electrons. The first kappa shape index (κ1) is 27.2. The number of sulfonamides is 1. The van der Waals surface area contributed by atoms with Crippen molar-refractivity contribution in [3.05, 3.63) is 59.8 Å². The molecule has 37 heavy (non-hydrogen) atoms. The molecule has 10 heteroatoms. The van der Waals surface area contributed by atoms with E-state index in [9.17, 15) is 26.4 Å². The number of esters is 1. The van der Waals surface area contributed by atoms with Gasteiger partial charge < -0.3 is 9.30 Å². The van der Waals surface area contributed by atoms with Crippen molar-refractivity contribution in [2.24, 2.45) is 5.41 Å². The van der Waals surface area contributed by atoms with Crippen LogP contribution in [0.1, 0.15) is 57.7 Å². The molecule has 1 heterocycles. The molecule has 0 amide bonds. The lowest BCUT2D eigenvalue weighted by atomic mass is 9.96. The van der Waals surface area contributed by atoms with E-state index in [4.69, 9.17) is 4.74 Å². The Morgan fingerprint density at radius 1 is 1.14 bits per heavy atom. The van der Waals surface area contributed by atoms with Gasteiger partial charge >= 0.3 is 12.1 Å². The Kier molecular flexibility index (Phi) is 7.20. The third-order valence-electron chi connectivity index (χ3n) is 6.18. The zero-order valence-electron chi connectivity index (χ0n) is 21.2. The van der Waals surface area contributed by atoms with Crippen molar-refractivity contribution in [3.63, 3.8) is 0 Å². The molecule has 1 aromatic heterocycles. The number of halogens is 3. The Labute approximate surface area is 214 Å². The molecule has 1 aliphatic carbocycles. The summed E-state index contributed by atoms with van der Waals surface area (Å²) in [6.07, 6.45) is -1.77. The molecule has 6 nitrogen and oxygen atoms in total. The summed E-state index contributed by atoms with van der Waals surface area (Å²) < 4.78 is 76.4. The van der Waals surface area contributed by atoms with E-state index in [0.717, 1.165) is 6.07 Å². The fourth-order valence-corrected chi connectivity index (χ4v) is 5.95. The first-order valence-electron chi connectivity index (χ1n) is 12.2. The number of nitrogens with zero attached hydrogens (tertiary/aromatic N) is 1. The Bertz CT molecular complexity index is 1420. The monoisotopic (exact) mass is 536 g/mol. The molecule has 0 bridgehead atoms. The largest absolute Gasteiger partial charge is 0.465 e. The minimum atomic E-state index is -4.53. The van der Waals surface area contributed by atoms with Crippen LogP contribution < -0.4 is 4.72 Å². The van der Waals surface area contributed by atoms with E-state index < -0.39 is 39.0 Å². The van der Waals surface area contributed by atoms with E-state index in [2.05, 4.69) is 4.72 Å². The second kappa shape index (κ2) is 9.79. The summed E-state index contributed by atoms with van der Waals surface area (Å²) in [6.45, 7) is 8.23. The molecular formula is C27H31F3N2O4S. The molecule has 0 spiro atoms. The van der Waals surface area contributed by atoms with Gasteiger partial charge in [-0.1, -0.05) is 51.1 Å². The summed E-state index contributed by atoms with van der Waals surface area (Å²) in [7, 11) is -3.75. The van der Waals surface area contributed by atoms with Crippen molar-refractivity contribution in [3.8, 4) is 11.1 Å². The lowest BCUT2D eigenvalue weighted by molar-refractivity contribution is -0.145. The van der Waals surface area contributed by atoms with E-state index in [-0.39, 0.29) is 17.6 Å². The first-order valence-corrected chi connectivity index (χ1v) is 13.7. The molecule has 1 fully saturated rings. The van der Waals surface area contributed by atoms with Crippen molar-refractivity contribution in [1.82, 2.24) is 9.29 Å². The highest BCUT2D eigenvalue weighted by atomic mass is 32.2. The van der Waals surface area contributed by atoms with Crippen molar-refractivity contribution >= 4 is 26.9 Å². The number of alkyl halides is 3. The molecule has 3 aromatic rings. The second-order valence-corrected chi connectivity index (χ2v) is 12.6. The summed E-state index contributed by atoms with van der Waals surface area (Å²) in [4.78, 5) is 13.0. The molecule has 1 N–H and O–H groups in total. The van der Waals surface area contributed by atoms with E-state index in [0.29, 0.717) is 41.4 Å². The number of benzene rings is 2. The average Bonchev–Trinajstić information content (AvgIpc) is 3.61. The van der Waals surface area contributed by atoms with E-state index in [1.54, 1.807) is 37.4 Å². The van der Waals surface area contributed by atoms with Crippen molar-refractivity contribution < 1.29 is 31.1 Å². The summed E-state index contributed by atoms with van der Waals surface area (Å²) >= 11 is 0. The van der Waals surface area contributed by atoms with Crippen LogP contribution >= 0.6 is 0 Å². The molecule has 200 valence electrons. The summed E-state index contributed by atoms with van der Waals surface area (Å²) in [5, 5.41) is 0.0202. The number of carbonyl (C=O) groups is 1. The standard InChI is InChI=1S/C27H31F3N2O4S/c1-5-36-25(33)24(31-37(34,35)18-11-12-18)21-15-32(16-26(2,3)4)23-14-17(10-13-20(21)23)19-8-6-7-9-22(19)27(28,29)30/h6-10,13-15,18,24,31H,5,11-12,16H2,1-4H3/t24-/m0/s1. The quantitative estimate of drug-likeness (QED) is 0.355. The van der Waals surface area contributed by atoms with Crippen LogP contribution in [0.4, 0.5) is 13.2 Å². The highest BCUT2D eigenvalue weighted by molar-refractivity contribution is 7.90. The van der Waals surface area contributed by atoms with Gasteiger partial charge in [0.15, 0.2) is 0 Å². The molecule has 1 saturated carbocycles. The smallest absolute Gasteiger partial charge is 0.417 e. The van der Waals surface area contributed by atoms with Gasteiger partial charge in [-0.05, 0) is 48.4 Å². The Morgan fingerprint density at radius 3 is 2.41 bits per heavy atom. The van der Waals surface area contributed by atoms with Gasteiger partial charge in [-0.2, -0.15) is 17.9 Å². The van der Waals surface area contributed by atoms with Gasteiger partial charge in [0.1, 0.15) is 6.04 Å². The van der Waals surface area contributed by atoms with Crippen LogP contribution in [0.15, 0.2) is 48.7 Å². The van der Waals surface area contributed by atoms with Gasteiger partial charge in [0.05, 0.1) is 17.4 Å². The molecule has 0 aliphatic heterocycles. The van der Waals surface area contributed by atoms with E-state index >= 15 is 0 Å². The Morgan fingerprint density at radius 2 is 1.81 bits per heavy atom. The van der Waals surface area contributed by atoms with Crippen LogP contribution in [-0.4, -0.2) is 30.8 Å². The summed E-state index contributed by atoms with van der Waals surface area (Å²) in [5.74, 6) is -0.729. The SMILES string of the molecule is CCOC(=O)[C@@H](NS(=O)(=O)C1CC1)c1cn(CC(C)(C)C)c2cc(-c3ccccc3C(F)(F)F)ccc12. The lowest BCUT2D eigenvalue weighted by Gasteiger charge is -2.20. The van der Waals surface area contributed by atoms with Crippen molar-refractivity contribution in [2.75, 3.05) is 6.61 Å². The van der Waals surface area contributed by atoms with Crippen LogP contribution in [-0.2, 0) is 32.3 Å². The van der Waals surface area contributed by atoms with Gasteiger partial charge in [-0.25, -0.2) is 13.2 Å². The summed E-state index contributed by atoms with van der Waals surface area (Å²) in [5.41, 5.74) is 0.447. The minimum Gasteiger partial charge on any atom is -0.465 e. The average molecular weight is 537 g/mol. The van der Waals surface area contributed by atoms with Crippen LogP contribution in [0.25, 0.3) is 22.0 Å². The fourth-order valence-electron chi connectivity index (χ4n) is 4.44. The molecule has 2 aromatic carbocycles. The molecule has 4 rings (SSSR count). The number of aromatic nitrogens is 1. The fraction of sp³-hybridized carbons (Fsp3) is 0.444. The minimum absolute atomic E-state index is 0.0401. The third-order valence-corrected chi connectivity index (χ3v) is 8.09. The normalized spacial score (nSPS) is 15.6. The highest BCUT2D eigenvalue weighted by Crippen LogP contribution is 2.39. The van der Waals surface area contributed by atoms with Gasteiger partial charge in [-0.15, -0.1) is 0 Å². The lowest BCUT2D eigenvalue weighted by Crippen LogP contribution is -2.36.